The van der Waals surface area contributed by atoms with Gasteiger partial charge in [0.2, 0.25) is 0 Å². The zero-order valence-corrected chi connectivity index (χ0v) is 13.7. The molecule has 120 valence electrons. The molecule has 1 aromatic carbocycles. The minimum Gasteiger partial charge on any atom is -0.460 e. The third-order valence-electron chi connectivity index (χ3n) is 1.92. The van der Waals surface area contributed by atoms with Crippen molar-refractivity contribution in [3.05, 3.63) is 34.1 Å². The Kier molecular flexibility index (Phi) is 8.85. The fourth-order valence-corrected chi connectivity index (χ4v) is 1.52. The number of ether oxygens (including phenoxy) is 2. The number of esters is 3. The van der Waals surface area contributed by atoms with Gasteiger partial charge < -0.3 is 9.47 Å². The van der Waals surface area contributed by atoms with E-state index in [2.05, 4.69) is 25.4 Å². The van der Waals surface area contributed by atoms with Crippen LogP contribution in [-0.2, 0) is 23.9 Å². The second kappa shape index (κ2) is 9.78. The molecule has 0 saturated carbocycles. The summed E-state index contributed by atoms with van der Waals surface area (Å²) < 4.78 is 22.2. The smallest absolute Gasteiger partial charge is 0.379 e. The van der Waals surface area contributed by atoms with Crippen LogP contribution in [0.5, 0.6) is 0 Å². The number of Topliss-reactive ketones (excluding diaryl/α,β-unsaturated/α-hetero) is 1. The predicted molar refractivity (Wildman–Crippen MR) is 77.5 cm³/mol. The molecule has 0 bridgehead atoms. The van der Waals surface area contributed by atoms with Gasteiger partial charge in [-0.2, -0.15) is 0 Å². The minimum atomic E-state index is -1.04. The molecular weight excluding hydrogens is 363 g/mol. The van der Waals surface area contributed by atoms with Gasteiger partial charge in [-0.15, -0.1) is 0 Å². The summed E-state index contributed by atoms with van der Waals surface area (Å²) in [6.45, 7) is 4.02. The van der Waals surface area contributed by atoms with Crippen LogP contribution in [0.4, 0.5) is 4.39 Å². The summed E-state index contributed by atoms with van der Waals surface area (Å²) in [7, 11) is 0. The van der Waals surface area contributed by atoms with E-state index in [0.717, 1.165) is 6.07 Å². The van der Waals surface area contributed by atoms with E-state index in [1.807, 2.05) is 0 Å². The van der Waals surface area contributed by atoms with Gasteiger partial charge in [-0.1, -0.05) is 15.9 Å². The maximum absolute atomic E-state index is 13.2. The maximum Gasteiger partial charge on any atom is 0.379 e. The number of carbonyl (C=O) groups is 4. The molecule has 0 fully saturated rings. The molecule has 0 N–H and O–H groups in total. The van der Waals surface area contributed by atoms with Crippen LogP contribution in [0.3, 0.4) is 0 Å². The van der Waals surface area contributed by atoms with Crippen molar-refractivity contribution >= 4 is 39.6 Å². The first-order valence-corrected chi connectivity index (χ1v) is 6.83. The largest absolute Gasteiger partial charge is 0.460 e. The van der Waals surface area contributed by atoms with Gasteiger partial charge in [-0.05, 0) is 25.1 Å². The molecule has 0 aliphatic rings. The third-order valence-corrected chi connectivity index (χ3v) is 2.42. The summed E-state index contributed by atoms with van der Waals surface area (Å²) >= 11 is 3.05. The van der Waals surface area contributed by atoms with Crippen molar-refractivity contribution in [1.29, 1.82) is 0 Å². The Hall–Kier alpha value is -2.09. The second-order valence-corrected chi connectivity index (χ2v) is 4.67. The van der Waals surface area contributed by atoms with Crippen molar-refractivity contribution in [2.24, 2.45) is 0 Å². The molecule has 22 heavy (non-hydrogen) atoms. The highest BCUT2D eigenvalue weighted by Crippen LogP contribution is 2.16. The van der Waals surface area contributed by atoms with E-state index in [4.69, 9.17) is 0 Å². The van der Waals surface area contributed by atoms with E-state index in [1.165, 1.54) is 26.0 Å². The van der Waals surface area contributed by atoms with Crippen molar-refractivity contribution in [2.45, 2.75) is 20.8 Å². The lowest BCUT2D eigenvalue weighted by molar-refractivity contribution is -0.156. The number of hydrogen-bond acceptors (Lipinski definition) is 6. The van der Waals surface area contributed by atoms with Gasteiger partial charge >= 0.3 is 17.9 Å². The average Bonchev–Trinajstić information content (AvgIpc) is 2.37. The summed E-state index contributed by atoms with van der Waals surface area (Å²) in [4.78, 5) is 42.0. The van der Waals surface area contributed by atoms with Crippen molar-refractivity contribution < 1.29 is 33.0 Å². The van der Waals surface area contributed by atoms with Gasteiger partial charge in [0.1, 0.15) is 5.82 Å². The Morgan fingerprint density at radius 2 is 1.68 bits per heavy atom. The highest BCUT2D eigenvalue weighted by atomic mass is 79.9. The molecule has 8 heteroatoms. The number of hydrogen-bond donors (Lipinski definition) is 0. The molecule has 1 rings (SSSR count). The first kappa shape index (κ1) is 19.9. The van der Waals surface area contributed by atoms with Crippen molar-refractivity contribution in [2.75, 3.05) is 6.61 Å². The number of ketones is 1. The van der Waals surface area contributed by atoms with Crippen LogP contribution >= 0.6 is 15.9 Å². The zero-order chi connectivity index (χ0) is 17.3. The zero-order valence-electron chi connectivity index (χ0n) is 12.1. The molecule has 0 aliphatic heterocycles. The van der Waals surface area contributed by atoms with Crippen molar-refractivity contribution in [3.8, 4) is 0 Å². The van der Waals surface area contributed by atoms with Crippen LogP contribution in [0.1, 0.15) is 31.1 Å². The molecule has 0 atom stereocenters. The monoisotopic (exact) mass is 376 g/mol. The van der Waals surface area contributed by atoms with Gasteiger partial charge in [-0.3, -0.25) is 14.4 Å². The first-order chi connectivity index (χ1) is 10.2. The Labute approximate surface area is 134 Å². The summed E-state index contributed by atoms with van der Waals surface area (Å²) in [5.74, 6) is -3.89. The van der Waals surface area contributed by atoms with Crippen LogP contribution in [-0.4, -0.2) is 30.3 Å². The second-order valence-electron chi connectivity index (χ2n) is 3.76. The van der Waals surface area contributed by atoms with Crippen LogP contribution < -0.4 is 0 Å². The Balaban J connectivity index is 0.000000534. The third kappa shape index (κ3) is 7.63. The number of benzene rings is 1. The molecule has 0 spiro atoms. The fraction of sp³-hybridized carbons (Fsp3) is 0.286. The van der Waals surface area contributed by atoms with Crippen LogP contribution in [0.15, 0.2) is 22.7 Å². The molecule has 0 amide bonds. The van der Waals surface area contributed by atoms with E-state index in [9.17, 15) is 23.6 Å². The maximum atomic E-state index is 13.2. The van der Waals surface area contributed by atoms with Crippen LogP contribution in [0.2, 0.25) is 0 Å². The summed E-state index contributed by atoms with van der Waals surface area (Å²) in [6, 6.07) is 3.83. The lowest BCUT2D eigenvalue weighted by Gasteiger charge is -2.02. The van der Waals surface area contributed by atoms with E-state index in [1.54, 1.807) is 6.92 Å². The number of rotatable bonds is 3. The molecular formula is C14H14BrFO6. The van der Waals surface area contributed by atoms with Crippen LogP contribution in [0.25, 0.3) is 0 Å². The molecule has 6 nitrogen and oxygen atoms in total. The Bertz CT molecular complexity index is 573. The van der Waals surface area contributed by atoms with Gasteiger partial charge in [0.05, 0.1) is 12.2 Å². The molecule has 0 heterocycles. The Morgan fingerprint density at radius 3 is 2.05 bits per heavy atom. The highest BCUT2D eigenvalue weighted by Gasteiger charge is 2.20. The molecule has 1 aromatic rings. The lowest BCUT2D eigenvalue weighted by atomic mass is 10.1. The van der Waals surface area contributed by atoms with E-state index in [-0.39, 0.29) is 12.2 Å². The molecule has 0 unspecified atom stereocenters. The standard InChI is InChI=1S/C10H8BrFO3.C4H6O3/c1-2-15-10(14)9(13)7-4-3-6(11)5-8(7)12;1-3(5)7-4(2)6/h3-5H,2H2,1H3;1-2H3. The van der Waals surface area contributed by atoms with E-state index in [0.29, 0.717) is 4.47 Å². The predicted octanol–water partition coefficient (Wildman–Crippen LogP) is 2.43. The topological polar surface area (TPSA) is 86.7 Å². The van der Waals surface area contributed by atoms with Crippen LogP contribution in [0, 0.1) is 5.82 Å². The van der Waals surface area contributed by atoms with E-state index >= 15 is 0 Å². The lowest BCUT2D eigenvalue weighted by Crippen LogP contribution is -2.18. The summed E-state index contributed by atoms with van der Waals surface area (Å²) in [5.41, 5.74) is -0.281. The number of carbonyl (C=O) groups excluding carboxylic acids is 4. The van der Waals surface area contributed by atoms with Gasteiger partial charge in [0, 0.05) is 18.3 Å². The minimum absolute atomic E-state index is 0.0860. The SMILES string of the molecule is CC(=O)OC(C)=O.CCOC(=O)C(=O)c1ccc(Br)cc1F. The molecule has 0 aromatic heterocycles. The van der Waals surface area contributed by atoms with Gasteiger partial charge in [0.25, 0.3) is 5.78 Å². The molecule has 0 radical (unpaired) electrons. The fourth-order valence-electron chi connectivity index (χ4n) is 1.18. The normalized spacial score (nSPS) is 9.14. The number of halogens is 2. The quantitative estimate of drug-likeness (QED) is 0.348. The van der Waals surface area contributed by atoms with Crippen molar-refractivity contribution in [3.63, 3.8) is 0 Å². The highest BCUT2D eigenvalue weighted by molar-refractivity contribution is 9.10. The molecule has 0 aliphatic carbocycles. The van der Waals surface area contributed by atoms with Gasteiger partial charge in [0.15, 0.2) is 0 Å². The summed E-state index contributed by atoms with van der Waals surface area (Å²) in [5, 5.41) is 0. The summed E-state index contributed by atoms with van der Waals surface area (Å²) in [6.07, 6.45) is 0. The van der Waals surface area contributed by atoms with Crippen molar-refractivity contribution in [1.82, 2.24) is 0 Å². The Morgan fingerprint density at radius 1 is 1.14 bits per heavy atom. The van der Waals surface area contributed by atoms with Gasteiger partial charge in [-0.25, -0.2) is 9.18 Å². The average molecular weight is 377 g/mol. The first-order valence-electron chi connectivity index (χ1n) is 6.04. The van der Waals surface area contributed by atoms with E-state index < -0.39 is 29.5 Å². The molecule has 0 saturated heterocycles.